The van der Waals surface area contributed by atoms with Gasteiger partial charge in [-0.25, -0.2) is 0 Å². The van der Waals surface area contributed by atoms with Crippen molar-refractivity contribution in [1.82, 2.24) is 5.32 Å². The Bertz CT molecular complexity index is 319. The summed E-state index contributed by atoms with van der Waals surface area (Å²) < 4.78 is 1.15. The molecule has 1 heterocycles. The molecule has 0 aromatic heterocycles. The standard InChI is InChI=1S/C11H15BrN2/c1-8-2-3-10(12)11(6-8)14-9-4-5-13-7-9/h2-3,6,9,13-14H,4-5,7H2,1H3. The molecule has 0 amide bonds. The molecule has 1 aliphatic heterocycles. The Hall–Kier alpha value is -0.540. The van der Waals surface area contributed by atoms with Crippen molar-refractivity contribution in [3.8, 4) is 0 Å². The Kier molecular flexibility index (Phi) is 3.08. The van der Waals surface area contributed by atoms with Crippen LogP contribution in [0.1, 0.15) is 12.0 Å². The largest absolute Gasteiger partial charge is 0.380 e. The van der Waals surface area contributed by atoms with E-state index in [2.05, 4.69) is 51.7 Å². The zero-order chi connectivity index (χ0) is 9.97. The van der Waals surface area contributed by atoms with Gasteiger partial charge in [-0.05, 0) is 53.5 Å². The van der Waals surface area contributed by atoms with Crippen LogP contribution in [0.5, 0.6) is 0 Å². The first kappa shape index (κ1) is 9.99. The topological polar surface area (TPSA) is 24.1 Å². The average Bonchev–Trinajstić information content (AvgIpc) is 2.64. The van der Waals surface area contributed by atoms with Crippen molar-refractivity contribution in [1.29, 1.82) is 0 Å². The number of benzene rings is 1. The lowest BCUT2D eigenvalue weighted by Gasteiger charge is -2.14. The lowest BCUT2D eigenvalue weighted by molar-refractivity contribution is 0.792. The summed E-state index contributed by atoms with van der Waals surface area (Å²) in [7, 11) is 0. The highest BCUT2D eigenvalue weighted by Gasteiger charge is 2.14. The lowest BCUT2D eigenvalue weighted by Crippen LogP contribution is -2.22. The maximum atomic E-state index is 3.55. The summed E-state index contributed by atoms with van der Waals surface area (Å²) in [6.45, 7) is 4.31. The molecule has 1 aromatic rings. The summed E-state index contributed by atoms with van der Waals surface area (Å²) in [6, 6.07) is 6.97. The van der Waals surface area contributed by atoms with Crippen molar-refractivity contribution in [3.63, 3.8) is 0 Å². The monoisotopic (exact) mass is 254 g/mol. The molecule has 76 valence electrons. The predicted octanol–water partition coefficient (Wildman–Crippen LogP) is 2.53. The third kappa shape index (κ3) is 2.28. The fourth-order valence-electron chi connectivity index (χ4n) is 1.75. The predicted molar refractivity (Wildman–Crippen MR) is 63.8 cm³/mol. The first-order chi connectivity index (χ1) is 6.75. The molecule has 1 fully saturated rings. The molecule has 0 aliphatic carbocycles. The van der Waals surface area contributed by atoms with Crippen LogP contribution in [0.25, 0.3) is 0 Å². The molecule has 1 saturated heterocycles. The van der Waals surface area contributed by atoms with Crippen LogP contribution in [0.15, 0.2) is 22.7 Å². The third-order valence-corrected chi connectivity index (χ3v) is 3.23. The highest BCUT2D eigenvalue weighted by molar-refractivity contribution is 9.10. The summed E-state index contributed by atoms with van der Waals surface area (Å²) in [6.07, 6.45) is 1.21. The number of rotatable bonds is 2. The molecule has 0 spiro atoms. The second-order valence-electron chi connectivity index (χ2n) is 3.82. The first-order valence-electron chi connectivity index (χ1n) is 4.99. The molecule has 2 nitrogen and oxygen atoms in total. The first-order valence-corrected chi connectivity index (χ1v) is 5.78. The second-order valence-corrected chi connectivity index (χ2v) is 4.67. The van der Waals surface area contributed by atoms with Crippen molar-refractivity contribution in [2.75, 3.05) is 18.4 Å². The van der Waals surface area contributed by atoms with Gasteiger partial charge in [0.2, 0.25) is 0 Å². The Balaban J connectivity index is 2.10. The van der Waals surface area contributed by atoms with Gasteiger partial charge in [0.1, 0.15) is 0 Å². The van der Waals surface area contributed by atoms with Gasteiger partial charge in [-0.2, -0.15) is 0 Å². The second kappa shape index (κ2) is 4.32. The molecular formula is C11H15BrN2. The van der Waals surface area contributed by atoms with Crippen LogP contribution >= 0.6 is 15.9 Å². The maximum absolute atomic E-state index is 3.55. The molecule has 1 unspecified atom stereocenters. The third-order valence-electron chi connectivity index (χ3n) is 2.54. The molecule has 2 rings (SSSR count). The van der Waals surface area contributed by atoms with E-state index < -0.39 is 0 Å². The van der Waals surface area contributed by atoms with Crippen LogP contribution < -0.4 is 10.6 Å². The number of aryl methyl sites for hydroxylation is 1. The summed E-state index contributed by atoms with van der Waals surface area (Å²) in [5.41, 5.74) is 2.50. The molecule has 0 bridgehead atoms. The van der Waals surface area contributed by atoms with Crippen molar-refractivity contribution >= 4 is 21.6 Å². The SMILES string of the molecule is Cc1ccc(Br)c(NC2CCNC2)c1. The molecule has 2 N–H and O–H groups in total. The quantitative estimate of drug-likeness (QED) is 0.848. The van der Waals surface area contributed by atoms with Gasteiger partial charge < -0.3 is 10.6 Å². The van der Waals surface area contributed by atoms with E-state index in [4.69, 9.17) is 0 Å². The summed E-state index contributed by atoms with van der Waals surface area (Å²) >= 11 is 3.55. The van der Waals surface area contributed by atoms with Crippen molar-refractivity contribution in [3.05, 3.63) is 28.2 Å². The average molecular weight is 255 g/mol. The van der Waals surface area contributed by atoms with Gasteiger partial charge in [-0.3, -0.25) is 0 Å². The van der Waals surface area contributed by atoms with Gasteiger partial charge in [0.25, 0.3) is 0 Å². The molecular weight excluding hydrogens is 240 g/mol. The smallest absolute Gasteiger partial charge is 0.0489 e. The molecule has 0 radical (unpaired) electrons. The molecule has 14 heavy (non-hydrogen) atoms. The fourth-order valence-corrected chi connectivity index (χ4v) is 2.11. The van der Waals surface area contributed by atoms with E-state index in [9.17, 15) is 0 Å². The normalized spacial score (nSPS) is 21.1. The zero-order valence-corrected chi connectivity index (χ0v) is 9.89. The van der Waals surface area contributed by atoms with Gasteiger partial charge in [0, 0.05) is 22.7 Å². The minimum absolute atomic E-state index is 0.577. The Morgan fingerprint density at radius 1 is 1.50 bits per heavy atom. The Morgan fingerprint density at radius 3 is 3.07 bits per heavy atom. The minimum Gasteiger partial charge on any atom is -0.380 e. The van der Waals surface area contributed by atoms with E-state index in [1.807, 2.05) is 0 Å². The van der Waals surface area contributed by atoms with Gasteiger partial charge >= 0.3 is 0 Å². The molecule has 3 heteroatoms. The van der Waals surface area contributed by atoms with Crippen LogP contribution in [-0.2, 0) is 0 Å². The lowest BCUT2D eigenvalue weighted by atomic mass is 10.2. The summed E-state index contributed by atoms with van der Waals surface area (Å²) in [4.78, 5) is 0. The van der Waals surface area contributed by atoms with Crippen LogP contribution in [0.3, 0.4) is 0 Å². The summed E-state index contributed by atoms with van der Waals surface area (Å²) in [5.74, 6) is 0. The van der Waals surface area contributed by atoms with E-state index >= 15 is 0 Å². The van der Waals surface area contributed by atoms with Crippen molar-refractivity contribution in [2.24, 2.45) is 0 Å². The summed E-state index contributed by atoms with van der Waals surface area (Å²) in [5, 5.41) is 6.89. The molecule has 0 saturated carbocycles. The van der Waals surface area contributed by atoms with Crippen LogP contribution in [-0.4, -0.2) is 19.1 Å². The Labute approximate surface area is 93.2 Å². The molecule has 1 aliphatic rings. The van der Waals surface area contributed by atoms with Gasteiger partial charge in [-0.1, -0.05) is 6.07 Å². The van der Waals surface area contributed by atoms with Crippen molar-refractivity contribution in [2.45, 2.75) is 19.4 Å². The highest BCUT2D eigenvalue weighted by atomic mass is 79.9. The zero-order valence-electron chi connectivity index (χ0n) is 8.31. The van der Waals surface area contributed by atoms with Crippen LogP contribution in [0, 0.1) is 6.92 Å². The number of hydrogen-bond acceptors (Lipinski definition) is 2. The molecule has 1 aromatic carbocycles. The van der Waals surface area contributed by atoms with E-state index in [-0.39, 0.29) is 0 Å². The minimum atomic E-state index is 0.577. The number of anilines is 1. The van der Waals surface area contributed by atoms with E-state index in [1.165, 1.54) is 17.7 Å². The van der Waals surface area contributed by atoms with Crippen LogP contribution in [0.4, 0.5) is 5.69 Å². The van der Waals surface area contributed by atoms with E-state index in [0.29, 0.717) is 6.04 Å². The molecule has 1 atom stereocenters. The van der Waals surface area contributed by atoms with Gasteiger partial charge in [0.05, 0.1) is 0 Å². The van der Waals surface area contributed by atoms with E-state index in [0.717, 1.165) is 17.6 Å². The maximum Gasteiger partial charge on any atom is 0.0489 e. The Morgan fingerprint density at radius 2 is 2.36 bits per heavy atom. The highest BCUT2D eigenvalue weighted by Crippen LogP contribution is 2.24. The van der Waals surface area contributed by atoms with E-state index in [1.54, 1.807) is 0 Å². The number of nitrogens with one attached hydrogen (secondary N) is 2. The van der Waals surface area contributed by atoms with Crippen molar-refractivity contribution < 1.29 is 0 Å². The number of halogens is 1. The van der Waals surface area contributed by atoms with Gasteiger partial charge in [0.15, 0.2) is 0 Å². The number of hydrogen-bond donors (Lipinski definition) is 2. The van der Waals surface area contributed by atoms with Gasteiger partial charge in [-0.15, -0.1) is 0 Å². The fraction of sp³-hybridized carbons (Fsp3) is 0.455. The van der Waals surface area contributed by atoms with Crippen LogP contribution in [0.2, 0.25) is 0 Å².